The van der Waals surface area contributed by atoms with E-state index in [1.165, 1.54) is 13.0 Å². The lowest BCUT2D eigenvalue weighted by Gasteiger charge is -2.07. The van der Waals surface area contributed by atoms with Crippen molar-refractivity contribution in [2.24, 2.45) is 0 Å². The van der Waals surface area contributed by atoms with Gasteiger partial charge in [0.2, 0.25) is 0 Å². The normalized spacial score (nSPS) is 10.6. The maximum absolute atomic E-state index is 13.5. The molecule has 0 bridgehead atoms. The van der Waals surface area contributed by atoms with Crippen LogP contribution in [0.15, 0.2) is 24.3 Å². The summed E-state index contributed by atoms with van der Waals surface area (Å²) in [6, 6.07) is 3.05. The van der Waals surface area contributed by atoms with Crippen molar-refractivity contribution in [1.29, 1.82) is 0 Å². The van der Waals surface area contributed by atoms with Crippen LogP contribution in [-0.4, -0.2) is 7.28 Å². The van der Waals surface area contributed by atoms with Crippen LogP contribution in [0.2, 0.25) is 0 Å². The number of halogens is 5. The van der Waals surface area contributed by atoms with Crippen LogP contribution in [0.3, 0.4) is 0 Å². The van der Waals surface area contributed by atoms with Crippen molar-refractivity contribution in [3.8, 4) is 0 Å². The number of hydrogen-bond acceptors (Lipinski definition) is 0. The van der Waals surface area contributed by atoms with Gasteiger partial charge in [-0.25, -0.2) is 22.0 Å². The molecule has 0 aromatic heterocycles. The molecular weight excluding hydrogens is 262 g/mol. The van der Waals surface area contributed by atoms with Gasteiger partial charge >= 0.3 is 0 Å². The highest BCUT2D eigenvalue weighted by atomic mass is 19.2. The Morgan fingerprint density at radius 2 is 1.42 bits per heavy atom. The van der Waals surface area contributed by atoms with E-state index in [-0.39, 0.29) is 23.8 Å². The highest BCUT2D eigenvalue weighted by Crippen LogP contribution is 2.08. The summed E-state index contributed by atoms with van der Waals surface area (Å²) in [4.78, 5) is 0. The second-order valence-corrected chi connectivity index (χ2v) is 4.23. The first-order valence-electron chi connectivity index (χ1n) is 5.46. The van der Waals surface area contributed by atoms with Gasteiger partial charge in [0.1, 0.15) is 17.5 Å². The Labute approximate surface area is 107 Å². The molecule has 0 saturated heterocycles. The maximum atomic E-state index is 13.5. The lowest BCUT2D eigenvalue weighted by molar-refractivity contribution is 0.500. The van der Waals surface area contributed by atoms with Gasteiger partial charge in [-0.3, -0.25) is 0 Å². The van der Waals surface area contributed by atoms with Crippen LogP contribution < -0.4 is 10.9 Å². The Kier molecular flexibility index (Phi) is 3.60. The van der Waals surface area contributed by atoms with E-state index in [1.807, 2.05) is 0 Å². The minimum Gasteiger partial charge on any atom is -0.207 e. The molecule has 19 heavy (non-hydrogen) atoms. The van der Waals surface area contributed by atoms with Crippen LogP contribution in [0.4, 0.5) is 22.0 Å². The van der Waals surface area contributed by atoms with Crippen molar-refractivity contribution < 1.29 is 22.0 Å². The predicted octanol–water partition coefficient (Wildman–Crippen LogP) is 2.08. The number of hydrogen-bond donors (Lipinski definition) is 0. The summed E-state index contributed by atoms with van der Waals surface area (Å²) in [6.07, 6.45) is 0. The van der Waals surface area contributed by atoms with Crippen molar-refractivity contribution in [1.82, 2.24) is 0 Å². The van der Waals surface area contributed by atoms with Gasteiger partial charge in [-0.15, -0.1) is 0 Å². The van der Waals surface area contributed by atoms with Gasteiger partial charge in [0.15, 0.2) is 18.9 Å². The van der Waals surface area contributed by atoms with E-state index >= 15 is 0 Å². The molecule has 2 aromatic rings. The zero-order chi connectivity index (χ0) is 14.2. The fraction of sp³-hybridized carbons (Fsp3) is 0.0769. The first kappa shape index (κ1) is 13.6. The van der Waals surface area contributed by atoms with Crippen molar-refractivity contribution in [3.63, 3.8) is 0 Å². The van der Waals surface area contributed by atoms with E-state index in [9.17, 15) is 22.0 Å². The third-order valence-corrected chi connectivity index (χ3v) is 2.78. The molecule has 0 heterocycles. The molecule has 0 nitrogen and oxygen atoms in total. The molecule has 0 atom stereocenters. The van der Waals surface area contributed by atoms with Crippen LogP contribution in [0, 0.1) is 36.0 Å². The summed E-state index contributed by atoms with van der Waals surface area (Å²) < 4.78 is 66.0. The zero-order valence-corrected chi connectivity index (χ0v) is 9.91. The van der Waals surface area contributed by atoms with Gasteiger partial charge < -0.3 is 0 Å². The van der Waals surface area contributed by atoms with Gasteiger partial charge in [0.25, 0.3) is 0 Å². The Morgan fingerprint density at radius 1 is 0.737 bits per heavy atom. The van der Waals surface area contributed by atoms with Crippen molar-refractivity contribution in [2.45, 2.75) is 6.92 Å². The molecular formula is C13H8BF5. The molecule has 0 spiro atoms. The number of rotatable bonds is 2. The van der Waals surface area contributed by atoms with Crippen LogP contribution >= 0.6 is 0 Å². The summed E-state index contributed by atoms with van der Waals surface area (Å²) in [7, 11) is -0.354. The van der Waals surface area contributed by atoms with Gasteiger partial charge in [0.05, 0.1) is 0 Å². The van der Waals surface area contributed by atoms with E-state index in [2.05, 4.69) is 0 Å². The minimum atomic E-state index is -1.34. The monoisotopic (exact) mass is 270 g/mol. The molecule has 6 heteroatoms. The molecule has 2 rings (SSSR count). The molecule has 0 saturated carbocycles. The SMILES string of the molecule is Cc1cc(Bc2cc(F)cc(F)c2F)c(F)cc1F. The van der Waals surface area contributed by atoms with E-state index in [0.717, 1.165) is 6.07 Å². The van der Waals surface area contributed by atoms with Gasteiger partial charge in [-0.2, -0.15) is 0 Å². The third-order valence-electron chi connectivity index (χ3n) is 2.78. The number of aryl methyl sites for hydroxylation is 1. The predicted molar refractivity (Wildman–Crippen MR) is 63.8 cm³/mol. The fourth-order valence-corrected chi connectivity index (χ4v) is 1.80. The average Bonchev–Trinajstić information content (AvgIpc) is 2.32. The van der Waals surface area contributed by atoms with E-state index in [0.29, 0.717) is 12.1 Å². The Morgan fingerprint density at radius 3 is 2.11 bits per heavy atom. The van der Waals surface area contributed by atoms with Gasteiger partial charge in [0, 0.05) is 12.1 Å². The van der Waals surface area contributed by atoms with Crippen molar-refractivity contribution in [3.05, 3.63) is 58.9 Å². The van der Waals surface area contributed by atoms with E-state index in [1.54, 1.807) is 0 Å². The molecule has 0 N–H and O–H groups in total. The molecule has 0 unspecified atom stereocenters. The summed E-state index contributed by atoms with van der Waals surface area (Å²) >= 11 is 0. The quantitative estimate of drug-likeness (QED) is 0.445. The Balaban J connectivity index is 2.44. The number of benzene rings is 2. The summed E-state index contributed by atoms with van der Waals surface area (Å²) in [5.74, 6) is -5.13. The first-order valence-corrected chi connectivity index (χ1v) is 5.46. The molecule has 0 amide bonds. The molecule has 0 aliphatic heterocycles. The molecule has 0 radical (unpaired) electrons. The standard InChI is InChI=1S/C13H8BF5/c1-6-2-8(11(17)5-10(6)16)14-9-3-7(15)4-12(18)13(9)19/h2-5,14H,1H3. The lowest BCUT2D eigenvalue weighted by Crippen LogP contribution is -2.33. The van der Waals surface area contributed by atoms with Crippen molar-refractivity contribution >= 4 is 18.2 Å². The highest BCUT2D eigenvalue weighted by Gasteiger charge is 2.16. The maximum Gasteiger partial charge on any atom is 0.200 e. The van der Waals surface area contributed by atoms with Crippen LogP contribution in [-0.2, 0) is 0 Å². The van der Waals surface area contributed by atoms with E-state index < -0.39 is 29.1 Å². The largest absolute Gasteiger partial charge is 0.207 e. The van der Waals surface area contributed by atoms with Gasteiger partial charge in [-0.1, -0.05) is 6.07 Å². The second kappa shape index (κ2) is 5.03. The van der Waals surface area contributed by atoms with Crippen LogP contribution in [0.1, 0.15) is 5.56 Å². The lowest BCUT2D eigenvalue weighted by atomic mass is 9.63. The average molecular weight is 270 g/mol. The third kappa shape index (κ3) is 2.77. The second-order valence-electron chi connectivity index (χ2n) is 4.23. The summed E-state index contributed by atoms with van der Waals surface area (Å²) in [6.45, 7) is 1.42. The minimum absolute atomic E-state index is 0.0252. The molecule has 0 fully saturated rings. The first-order chi connectivity index (χ1) is 8.88. The van der Waals surface area contributed by atoms with Crippen molar-refractivity contribution in [2.75, 3.05) is 0 Å². The Bertz CT molecular complexity index is 639. The summed E-state index contributed by atoms with van der Waals surface area (Å²) in [5, 5.41) is 0. The van der Waals surface area contributed by atoms with Crippen LogP contribution in [0.25, 0.3) is 0 Å². The molecule has 0 aliphatic rings. The van der Waals surface area contributed by atoms with Crippen LogP contribution in [0.5, 0.6) is 0 Å². The smallest absolute Gasteiger partial charge is 0.200 e. The Hall–Kier alpha value is -1.85. The summed E-state index contributed by atoms with van der Waals surface area (Å²) in [5.41, 5.74) is -0.168. The molecule has 2 aromatic carbocycles. The zero-order valence-electron chi connectivity index (χ0n) is 9.91. The van der Waals surface area contributed by atoms with E-state index in [4.69, 9.17) is 0 Å². The van der Waals surface area contributed by atoms with Gasteiger partial charge in [-0.05, 0) is 29.5 Å². The molecule has 0 aliphatic carbocycles. The topological polar surface area (TPSA) is 0 Å². The highest BCUT2D eigenvalue weighted by molar-refractivity contribution is 6.67. The molecule has 98 valence electrons. The fourth-order valence-electron chi connectivity index (χ4n) is 1.80.